The van der Waals surface area contributed by atoms with E-state index in [4.69, 9.17) is 4.74 Å². The number of pyridine rings is 1. The van der Waals surface area contributed by atoms with Gasteiger partial charge in [-0.25, -0.2) is 4.98 Å². The monoisotopic (exact) mass is 213 g/mol. The lowest BCUT2D eigenvalue weighted by atomic mass is 10.1. The number of halogens is 1. The molecule has 1 aliphatic heterocycles. The fourth-order valence-corrected chi connectivity index (χ4v) is 1.71. The SMILES string of the molecule is CC1(c2cccnc2Br)CO1. The normalized spacial score (nSPS) is 28.5. The molecule has 0 N–H and O–H groups in total. The summed E-state index contributed by atoms with van der Waals surface area (Å²) in [6, 6.07) is 3.96. The van der Waals surface area contributed by atoms with Crippen LogP contribution in [0.5, 0.6) is 0 Å². The van der Waals surface area contributed by atoms with Crippen LogP contribution >= 0.6 is 15.9 Å². The fraction of sp³-hybridized carbons (Fsp3) is 0.375. The second-order valence-electron chi connectivity index (χ2n) is 2.86. The van der Waals surface area contributed by atoms with E-state index in [-0.39, 0.29) is 5.60 Å². The zero-order chi connectivity index (χ0) is 7.90. The molecular weight excluding hydrogens is 206 g/mol. The molecule has 0 spiro atoms. The van der Waals surface area contributed by atoms with E-state index in [1.54, 1.807) is 6.20 Å². The molecule has 2 heterocycles. The van der Waals surface area contributed by atoms with Crippen molar-refractivity contribution < 1.29 is 4.74 Å². The highest BCUT2D eigenvalue weighted by Crippen LogP contribution is 2.40. The summed E-state index contributed by atoms with van der Waals surface area (Å²) < 4.78 is 6.18. The standard InChI is InChI=1S/C8H8BrNO/c1-8(5-11-8)6-3-2-4-10-7(6)9/h2-4H,5H2,1H3. The lowest BCUT2D eigenvalue weighted by molar-refractivity contribution is 0.328. The minimum absolute atomic E-state index is 0.0763. The fourth-order valence-electron chi connectivity index (χ4n) is 1.04. The second kappa shape index (κ2) is 2.29. The van der Waals surface area contributed by atoms with Crippen LogP contribution in [0.4, 0.5) is 0 Å². The van der Waals surface area contributed by atoms with Gasteiger partial charge in [0.15, 0.2) is 0 Å². The molecule has 1 aromatic heterocycles. The van der Waals surface area contributed by atoms with Gasteiger partial charge in [0.05, 0.1) is 6.61 Å². The van der Waals surface area contributed by atoms with Crippen molar-refractivity contribution in [2.45, 2.75) is 12.5 Å². The molecule has 1 saturated heterocycles. The van der Waals surface area contributed by atoms with Crippen LogP contribution in [0.15, 0.2) is 22.9 Å². The van der Waals surface area contributed by atoms with Gasteiger partial charge in [-0.3, -0.25) is 0 Å². The molecule has 2 rings (SSSR count). The second-order valence-corrected chi connectivity index (χ2v) is 3.61. The van der Waals surface area contributed by atoms with Gasteiger partial charge in [-0.05, 0) is 28.9 Å². The Bertz CT molecular complexity index is 283. The summed E-state index contributed by atoms with van der Waals surface area (Å²) in [6.45, 7) is 2.87. The predicted octanol–water partition coefficient (Wildman–Crippen LogP) is 2.09. The number of rotatable bonds is 1. The minimum atomic E-state index is -0.0763. The Morgan fingerprint density at radius 2 is 2.45 bits per heavy atom. The quantitative estimate of drug-likeness (QED) is 0.528. The smallest absolute Gasteiger partial charge is 0.116 e. The van der Waals surface area contributed by atoms with Crippen molar-refractivity contribution in [3.8, 4) is 0 Å². The molecule has 0 radical (unpaired) electrons. The van der Waals surface area contributed by atoms with E-state index in [9.17, 15) is 0 Å². The maximum Gasteiger partial charge on any atom is 0.116 e. The van der Waals surface area contributed by atoms with Crippen LogP contribution in [-0.2, 0) is 10.3 Å². The van der Waals surface area contributed by atoms with Crippen molar-refractivity contribution in [1.82, 2.24) is 4.98 Å². The Morgan fingerprint density at radius 1 is 1.73 bits per heavy atom. The van der Waals surface area contributed by atoms with Crippen LogP contribution in [0.1, 0.15) is 12.5 Å². The molecule has 3 heteroatoms. The van der Waals surface area contributed by atoms with Crippen molar-refractivity contribution in [1.29, 1.82) is 0 Å². The maximum absolute atomic E-state index is 5.29. The lowest BCUT2D eigenvalue weighted by Gasteiger charge is -2.05. The van der Waals surface area contributed by atoms with Gasteiger partial charge in [0, 0.05) is 11.8 Å². The number of ether oxygens (including phenoxy) is 1. The van der Waals surface area contributed by atoms with E-state index in [2.05, 4.69) is 27.8 Å². The summed E-state index contributed by atoms with van der Waals surface area (Å²) in [7, 11) is 0. The highest BCUT2D eigenvalue weighted by atomic mass is 79.9. The summed E-state index contributed by atoms with van der Waals surface area (Å²) in [5.74, 6) is 0. The summed E-state index contributed by atoms with van der Waals surface area (Å²) >= 11 is 3.38. The molecule has 1 atom stereocenters. The Morgan fingerprint density at radius 3 is 3.00 bits per heavy atom. The molecule has 1 aromatic rings. The molecule has 2 nitrogen and oxygen atoms in total. The van der Waals surface area contributed by atoms with E-state index >= 15 is 0 Å². The van der Waals surface area contributed by atoms with Crippen molar-refractivity contribution in [3.63, 3.8) is 0 Å². The third kappa shape index (κ3) is 1.19. The molecule has 0 aliphatic carbocycles. The maximum atomic E-state index is 5.29. The third-order valence-electron chi connectivity index (χ3n) is 1.91. The molecule has 58 valence electrons. The summed E-state index contributed by atoms with van der Waals surface area (Å²) in [5.41, 5.74) is 1.06. The number of hydrogen-bond donors (Lipinski definition) is 0. The first-order valence-electron chi connectivity index (χ1n) is 3.47. The van der Waals surface area contributed by atoms with Crippen molar-refractivity contribution >= 4 is 15.9 Å². The predicted molar refractivity (Wildman–Crippen MR) is 45.2 cm³/mol. The Hall–Kier alpha value is -0.410. The first-order valence-corrected chi connectivity index (χ1v) is 4.27. The Kier molecular flexibility index (Phi) is 1.51. The van der Waals surface area contributed by atoms with Gasteiger partial charge in [0.1, 0.15) is 10.2 Å². The molecule has 1 aliphatic rings. The van der Waals surface area contributed by atoms with E-state index in [1.165, 1.54) is 0 Å². The van der Waals surface area contributed by atoms with Crippen molar-refractivity contribution in [2.75, 3.05) is 6.61 Å². The van der Waals surface area contributed by atoms with Crippen LogP contribution in [0.25, 0.3) is 0 Å². The summed E-state index contributed by atoms with van der Waals surface area (Å²) in [6.07, 6.45) is 1.76. The summed E-state index contributed by atoms with van der Waals surface area (Å²) in [5, 5.41) is 0. The van der Waals surface area contributed by atoms with E-state index in [0.29, 0.717) is 0 Å². The molecule has 11 heavy (non-hydrogen) atoms. The molecular formula is C8H8BrNO. The molecule has 0 saturated carbocycles. The molecule has 0 amide bonds. The van der Waals surface area contributed by atoms with Gasteiger partial charge in [-0.2, -0.15) is 0 Å². The zero-order valence-electron chi connectivity index (χ0n) is 6.17. The van der Waals surface area contributed by atoms with Crippen LogP contribution in [0, 0.1) is 0 Å². The van der Waals surface area contributed by atoms with Crippen LogP contribution in [-0.4, -0.2) is 11.6 Å². The Balaban J connectivity index is 2.45. The highest BCUT2D eigenvalue weighted by molar-refractivity contribution is 9.10. The van der Waals surface area contributed by atoms with Gasteiger partial charge in [-0.1, -0.05) is 6.07 Å². The average molecular weight is 214 g/mol. The first-order chi connectivity index (χ1) is 5.22. The van der Waals surface area contributed by atoms with Gasteiger partial charge >= 0.3 is 0 Å². The van der Waals surface area contributed by atoms with Gasteiger partial charge in [0.25, 0.3) is 0 Å². The van der Waals surface area contributed by atoms with E-state index in [0.717, 1.165) is 16.8 Å². The molecule has 1 fully saturated rings. The number of nitrogens with zero attached hydrogens (tertiary/aromatic N) is 1. The largest absolute Gasteiger partial charge is 0.365 e. The molecule has 1 unspecified atom stereocenters. The van der Waals surface area contributed by atoms with Crippen molar-refractivity contribution in [3.05, 3.63) is 28.5 Å². The van der Waals surface area contributed by atoms with Crippen LogP contribution in [0.3, 0.4) is 0 Å². The third-order valence-corrected chi connectivity index (χ3v) is 2.54. The van der Waals surface area contributed by atoms with Crippen LogP contribution in [0.2, 0.25) is 0 Å². The molecule has 0 aromatic carbocycles. The Labute approximate surface area is 73.7 Å². The average Bonchev–Trinajstić information content (AvgIpc) is 2.70. The topological polar surface area (TPSA) is 25.4 Å². The van der Waals surface area contributed by atoms with Gasteiger partial charge in [0.2, 0.25) is 0 Å². The van der Waals surface area contributed by atoms with Crippen molar-refractivity contribution in [2.24, 2.45) is 0 Å². The number of aromatic nitrogens is 1. The zero-order valence-corrected chi connectivity index (χ0v) is 7.76. The first kappa shape index (κ1) is 7.25. The lowest BCUT2D eigenvalue weighted by Crippen LogP contribution is -2.03. The van der Waals surface area contributed by atoms with Crippen LogP contribution < -0.4 is 0 Å². The number of hydrogen-bond acceptors (Lipinski definition) is 2. The minimum Gasteiger partial charge on any atom is -0.365 e. The molecule has 0 bridgehead atoms. The highest BCUT2D eigenvalue weighted by Gasteiger charge is 2.42. The van der Waals surface area contributed by atoms with E-state index < -0.39 is 0 Å². The van der Waals surface area contributed by atoms with Gasteiger partial charge < -0.3 is 4.74 Å². The number of epoxide rings is 1. The van der Waals surface area contributed by atoms with Gasteiger partial charge in [-0.15, -0.1) is 0 Å². The summed E-state index contributed by atoms with van der Waals surface area (Å²) in [4.78, 5) is 4.12. The van der Waals surface area contributed by atoms with E-state index in [1.807, 2.05) is 12.1 Å².